The van der Waals surface area contributed by atoms with E-state index >= 15 is 0 Å². The number of halogens is 3. The number of alkyl halides is 3. The Balaban J connectivity index is 1.58. The topological polar surface area (TPSA) is 58.0 Å². The fraction of sp³-hybridized carbons (Fsp3) is 0.417. The molecule has 0 aliphatic carbocycles. The number of piperidine rings is 1. The maximum absolute atomic E-state index is 13.4. The minimum absolute atomic E-state index is 0.221. The van der Waals surface area contributed by atoms with Crippen LogP contribution in [0.1, 0.15) is 25.5 Å². The largest absolute Gasteiger partial charge is 0.406 e. The number of fused-ring (bicyclic) bond motifs is 1. The summed E-state index contributed by atoms with van der Waals surface area (Å²) in [6, 6.07) is 9.19. The van der Waals surface area contributed by atoms with Crippen molar-refractivity contribution in [3.05, 3.63) is 48.4 Å². The van der Waals surface area contributed by atoms with Gasteiger partial charge in [0.2, 0.25) is 5.95 Å². The Morgan fingerprint density at radius 3 is 2.58 bits per heavy atom. The van der Waals surface area contributed by atoms with Gasteiger partial charge in [0.1, 0.15) is 6.54 Å². The quantitative estimate of drug-likeness (QED) is 0.540. The summed E-state index contributed by atoms with van der Waals surface area (Å²) < 4.78 is 41.3. The molecule has 4 rings (SSSR count). The molecule has 3 heterocycles. The van der Waals surface area contributed by atoms with Crippen molar-refractivity contribution in [1.29, 1.82) is 0 Å². The molecule has 0 saturated carbocycles. The van der Waals surface area contributed by atoms with Crippen LogP contribution in [0.3, 0.4) is 0 Å². The van der Waals surface area contributed by atoms with Crippen molar-refractivity contribution < 1.29 is 13.2 Å². The summed E-state index contributed by atoms with van der Waals surface area (Å²) >= 11 is 0. The van der Waals surface area contributed by atoms with Crippen LogP contribution in [-0.2, 0) is 6.54 Å². The molecule has 0 unspecified atom stereocenters. The van der Waals surface area contributed by atoms with E-state index in [1.165, 1.54) is 4.57 Å². The van der Waals surface area contributed by atoms with Crippen LogP contribution in [0, 0.1) is 11.8 Å². The number of likely N-dealkylation sites (tertiary alicyclic amines) is 1. The summed E-state index contributed by atoms with van der Waals surface area (Å²) in [5.74, 6) is 6.21. The van der Waals surface area contributed by atoms with Gasteiger partial charge in [-0.3, -0.25) is 0 Å². The molecule has 3 aromatic rings. The molecule has 1 aromatic carbocycles. The molecule has 2 N–H and O–H groups in total. The average molecular weight is 457 g/mol. The predicted molar refractivity (Wildman–Crippen MR) is 124 cm³/mol. The van der Waals surface area contributed by atoms with E-state index < -0.39 is 12.7 Å². The molecular weight excluding hydrogens is 429 g/mol. The second-order valence-corrected chi connectivity index (χ2v) is 8.05. The maximum Gasteiger partial charge on any atom is 0.406 e. The fourth-order valence-electron chi connectivity index (χ4n) is 4.13. The minimum Gasteiger partial charge on any atom is -0.382 e. The molecule has 1 fully saturated rings. The molecule has 0 spiro atoms. The Labute approximate surface area is 191 Å². The van der Waals surface area contributed by atoms with Crippen LogP contribution in [-0.4, -0.2) is 57.8 Å². The van der Waals surface area contributed by atoms with E-state index in [9.17, 15) is 13.2 Å². The van der Waals surface area contributed by atoms with E-state index in [1.807, 2.05) is 6.07 Å². The Morgan fingerprint density at radius 1 is 1.12 bits per heavy atom. The molecule has 33 heavy (non-hydrogen) atoms. The lowest BCUT2D eigenvalue weighted by Crippen LogP contribution is -2.38. The molecule has 6 nitrogen and oxygen atoms in total. The van der Waals surface area contributed by atoms with Gasteiger partial charge in [-0.15, -0.1) is 0 Å². The molecule has 0 radical (unpaired) electrons. The molecule has 9 heteroatoms. The molecule has 1 aliphatic rings. The number of nitrogens with one attached hydrogen (secondary N) is 2. The van der Waals surface area contributed by atoms with Gasteiger partial charge in [0.15, 0.2) is 0 Å². The third-order valence-electron chi connectivity index (χ3n) is 5.79. The van der Waals surface area contributed by atoms with Crippen LogP contribution in [0.25, 0.3) is 10.9 Å². The van der Waals surface area contributed by atoms with Crippen LogP contribution in [0.5, 0.6) is 0 Å². The number of anilines is 2. The van der Waals surface area contributed by atoms with Gasteiger partial charge < -0.3 is 20.1 Å². The van der Waals surface area contributed by atoms with Crippen molar-refractivity contribution in [3.63, 3.8) is 0 Å². The molecule has 0 atom stereocenters. The fourth-order valence-corrected chi connectivity index (χ4v) is 4.13. The summed E-state index contributed by atoms with van der Waals surface area (Å²) in [6.45, 7) is 4.37. The predicted octanol–water partition coefficient (Wildman–Crippen LogP) is 4.35. The van der Waals surface area contributed by atoms with Crippen molar-refractivity contribution >= 4 is 22.5 Å². The van der Waals surface area contributed by atoms with Crippen LogP contribution in [0.15, 0.2) is 42.7 Å². The SMILES string of the molecule is CCN1CCC(Nc2cccc3c2cc(C#CCNc2ncccn2)n3CC(F)(F)F)CC1. The standard InChI is InChI=1S/C24H27F3N6/c1-2-32-14-9-18(10-15-32)31-21-7-3-8-22-20(21)16-19(33(22)17-24(25,26)27)6-4-11-28-23-29-12-5-13-30-23/h3,5,7-8,12-13,16,18,31H,2,9-11,14-15,17H2,1H3,(H,28,29,30). The van der Waals surface area contributed by atoms with Crippen molar-refractivity contribution in [1.82, 2.24) is 19.4 Å². The molecule has 1 aliphatic heterocycles. The average Bonchev–Trinajstić information content (AvgIpc) is 3.15. The third-order valence-corrected chi connectivity index (χ3v) is 5.79. The van der Waals surface area contributed by atoms with Gasteiger partial charge in [0.05, 0.1) is 17.8 Å². The number of aromatic nitrogens is 3. The first-order valence-electron chi connectivity index (χ1n) is 11.1. The van der Waals surface area contributed by atoms with Crippen LogP contribution < -0.4 is 10.6 Å². The minimum atomic E-state index is -4.35. The lowest BCUT2D eigenvalue weighted by atomic mass is 10.0. The van der Waals surface area contributed by atoms with E-state index in [-0.39, 0.29) is 6.54 Å². The van der Waals surface area contributed by atoms with Crippen LogP contribution in [0.4, 0.5) is 24.8 Å². The van der Waals surface area contributed by atoms with Gasteiger partial charge in [-0.25, -0.2) is 9.97 Å². The Bertz CT molecular complexity index is 1120. The lowest BCUT2D eigenvalue weighted by molar-refractivity contribution is -0.140. The van der Waals surface area contributed by atoms with Gasteiger partial charge in [0, 0.05) is 42.6 Å². The zero-order valence-electron chi connectivity index (χ0n) is 18.5. The second-order valence-electron chi connectivity index (χ2n) is 8.05. The first kappa shape index (κ1) is 22.9. The van der Waals surface area contributed by atoms with Crippen molar-refractivity contribution in [3.8, 4) is 11.8 Å². The van der Waals surface area contributed by atoms with Gasteiger partial charge in [-0.1, -0.05) is 18.9 Å². The lowest BCUT2D eigenvalue weighted by Gasteiger charge is -2.32. The summed E-state index contributed by atoms with van der Waals surface area (Å²) in [6.07, 6.45) is 0.866. The smallest absolute Gasteiger partial charge is 0.382 e. The highest BCUT2D eigenvalue weighted by atomic mass is 19.4. The number of hydrogen-bond donors (Lipinski definition) is 2. The molecular formula is C24H27F3N6. The van der Waals surface area contributed by atoms with Crippen molar-refractivity contribution in [2.24, 2.45) is 0 Å². The number of hydrogen-bond acceptors (Lipinski definition) is 5. The molecule has 1 saturated heterocycles. The summed E-state index contributed by atoms with van der Waals surface area (Å²) in [7, 11) is 0. The Hall–Kier alpha value is -3.25. The highest BCUT2D eigenvalue weighted by Gasteiger charge is 2.30. The summed E-state index contributed by atoms with van der Waals surface area (Å²) in [4.78, 5) is 10.5. The van der Waals surface area contributed by atoms with E-state index in [2.05, 4.69) is 44.3 Å². The van der Waals surface area contributed by atoms with Gasteiger partial charge in [-0.05, 0) is 49.6 Å². The number of nitrogens with zero attached hydrogens (tertiary/aromatic N) is 4. The van der Waals surface area contributed by atoms with Crippen LogP contribution >= 0.6 is 0 Å². The molecule has 0 bridgehead atoms. The van der Waals surface area contributed by atoms with Gasteiger partial charge >= 0.3 is 6.18 Å². The van der Waals surface area contributed by atoms with E-state index in [0.717, 1.165) is 43.5 Å². The Morgan fingerprint density at radius 2 is 1.88 bits per heavy atom. The number of benzene rings is 1. The van der Waals surface area contributed by atoms with Gasteiger partial charge in [-0.2, -0.15) is 13.2 Å². The normalized spacial score (nSPS) is 15.3. The van der Waals surface area contributed by atoms with Crippen molar-refractivity contribution in [2.45, 2.75) is 38.5 Å². The zero-order valence-corrected chi connectivity index (χ0v) is 18.5. The van der Waals surface area contributed by atoms with Crippen molar-refractivity contribution in [2.75, 3.05) is 36.8 Å². The molecule has 174 valence electrons. The highest BCUT2D eigenvalue weighted by molar-refractivity contribution is 5.94. The molecule has 0 amide bonds. The van der Waals surface area contributed by atoms with Gasteiger partial charge in [0.25, 0.3) is 0 Å². The Kier molecular flexibility index (Phi) is 7.04. The second kappa shape index (κ2) is 10.1. The first-order valence-corrected chi connectivity index (χ1v) is 11.1. The zero-order chi connectivity index (χ0) is 23.3. The maximum atomic E-state index is 13.4. The summed E-state index contributed by atoms with van der Waals surface area (Å²) in [5, 5.41) is 7.26. The highest BCUT2D eigenvalue weighted by Crippen LogP contribution is 2.31. The van der Waals surface area contributed by atoms with E-state index in [1.54, 1.807) is 36.7 Å². The first-order chi connectivity index (χ1) is 15.9. The van der Waals surface area contributed by atoms with Crippen LogP contribution in [0.2, 0.25) is 0 Å². The number of rotatable bonds is 6. The van der Waals surface area contributed by atoms with E-state index in [4.69, 9.17) is 0 Å². The summed E-state index contributed by atoms with van der Waals surface area (Å²) in [5.41, 5.74) is 1.70. The monoisotopic (exact) mass is 456 g/mol. The van der Waals surface area contributed by atoms with E-state index in [0.29, 0.717) is 23.2 Å². The third kappa shape index (κ3) is 5.96. The molecule has 2 aromatic heterocycles.